The Hall–Kier alpha value is -1.66. The molecule has 2 fully saturated rings. The lowest BCUT2D eigenvalue weighted by Crippen LogP contribution is -2.43. The lowest BCUT2D eigenvalue weighted by atomic mass is 9.95. The van der Waals surface area contributed by atoms with E-state index < -0.39 is 0 Å². The van der Waals surface area contributed by atoms with Gasteiger partial charge in [-0.3, -0.25) is 4.79 Å². The van der Waals surface area contributed by atoms with Gasteiger partial charge in [0.25, 0.3) is 0 Å². The first kappa shape index (κ1) is 14.3. The highest BCUT2D eigenvalue weighted by molar-refractivity contribution is 5.86. The van der Waals surface area contributed by atoms with Gasteiger partial charge in [-0.2, -0.15) is 0 Å². The number of benzene rings is 1. The normalized spacial score (nSPS) is 26.0. The maximum atomic E-state index is 14.4. The van der Waals surface area contributed by atoms with Crippen LogP contribution in [0, 0.1) is 5.82 Å². The van der Waals surface area contributed by atoms with Crippen LogP contribution >= 0.6 is 0 Å². The standard InChI is InChI=1S/C15H20FN3O2/c16-13-7-10(12-8-11(9-20)18-15(12)21)1-2-14(13)19-5-3-17-4-6-19/h1-2,7,11-12,17,20H,3-6,8-9H2,(H,18,21). The minimum Gasteiger partial charge on any atom is -0.394 e. The van der Waals surface area contributed by atoms with E-state index in [1.165, 1.54) is 6.07 Å². The first-order valence-electron chi connectivity index (χ1n) is 7.35. The molecule has 0 aromatic heterocycles. The van der Waals surface area contributed by atoms with Gasteiger partial charge >= 0.3 is 0 Å². The molecule has 0 bridgehead atoms. The van der Waals surface area contributed by atoms with Crippen LogP contribution in [0.25, 0.3) is 0 Å². The van der Waals surface area contributed by atoms with Crippen molar-refractivity contribution in [2.24, 2.45) is 0 Å². The fraction of sp³-hybridized carbons (Fsp3) is 0.533. The maximum Gasteiger partial charge on any atom is 0.227 e. The van der Waals surface area contributed by atoms with Gasteiger partial charge in [-0.05, 0) is 24.1 Å². The second kappa shape index (κ2) is 5.99. The van der Waals surface area contributed by atoms with Crippen LogP contribution in [0.1, 0.15) is 17.9 Å². The van der Waals surface area contributed by atoms with Crippen LogP contribution in [-0.2, 0) is 4.79 Å². The molecule has 3 N–H and O–H groups in total. The number of hydrogen-bond acceptors (Lipinski definition) is 4. The van der Waals surface area contributed by atoms with Crippen LogP contribution in [0.4, 0.5) is 10.1 Å². The van der Waals surface area contributed by atoms with Gasteiger partial charge in [0.05, 0.1) is 24.3 Å². The van der Waals surface area contributed by atoms with Gasteiger partial charge in [-0.25, -0.2) is 4.39 Å². The van der Waals surface area contributed by atoms with Crippen molar-refractivity contribution in [2.75, 3.05) is 37.7 Å². The van der Waals surface area contributed by atoms with Gasteiger partial charge in [-0.1, -0.05) is 6.07 Å². The van der Waals surface area contributed by atoms with E-state index in [0.29, 0.717) is 17.7 Å². The van der Waals surface area contributed by atoms with Crippen molar-refractivity contribution in [1.82, 2.24) is 10.6 Å². The Morgan fingerprint density at radius 1 is 1.33 bits per heavy atom. The number of aliphatic hydroxyl groups is 1. The third-order valence-corrected chi connectivity index (χ3v) is 4.24. The van der Waals surface area contributed by atoms with E-state index in [1.807, 2.05) is 11.0 Å². The summed E-state index contributed by atoms with van der Waals surface area (Å²) in [6.45, 7) is 3.19. The summed E-state index contributed by atoms with van der Waals surface area (Å²) in [7, 11) is 0. The van der Waals surface area contributed by atoms with Gasteiger partial charge in [0, 0.05) is 26.2 Å². The molecule has 2 atom stereocenters. The lowest BCUT2D eigenvalue weighted by molar-refractivity contribution is -0.120. The number of carbonyl (C=O) groups is 1. The van der Waals surface area contributed by atoms with E-state index in [2.05, 4.69) is 10.6 Å². The number of piperazine rings is 1. The number of halogens is 1. The minimum absolute atomic E-state index is 0.0798. The Bertz CT molecular complexity index is 532. The number of anilines is 1. The van der Waals surface area contributed by atoms with Crippen LogP contribution in [-0.4, -0.2) is 49.8 Å². The summed E-state index contributed by atoms with van der Waals surface area (Å²) in [5, 5.41) is 15.1. The van der Waals surface area contributed by atoms with Gasteiger partial charge in [-0.15, -0.1) is 0 Å². The average Bonchev–Trinajstić information content (AvgIpc) is 2.89. The molecule has 1 amide bonds. The van der Waals surface area contributed by atoms with Gasteiger partial charge in [0.15, 0.2) is 0 Å². The molecule has 0 radical (unpaired) electrons. The number of amides is 1. The molecule has 2 aliphatic heterocycles. The number of rotatable bonds is 3. The largest absolute Gasteiger partial charge is 0.394 e. The summed E-state index contributed by atoms with van der Waals surface area (Å²) in [5.41, 5.74) is 1.28. The van der Waals surface area contributed by atoms with Crippen molar-refractivity contribution in [3.05, 3.63) is 29.6 Å². The quantitative estimate of drug-likeness (QED) is 0.745. The molecule has 0 saturated carbocycles. The first-order valence-corrected chi connectivity index (χ1v) is 7.35. The first-order chi connectivity index (χ1) is 10.2. The molecular weight excluding hydrogens is 273 g/mol. The highest BCUT2D eigenvalue weighted by Gasteiger charge is 2.33. The number of aliphatic hydroxyl groups excluding tert-OH is 1. The summed E-state index contributed by atoms with van der Waals surface area (Å²) in [6.07, 6.45) is 0.516. The van der Waals surface area contributed by atoms with Crippen LogP contribution in [0.15, 0.2) is 18.2 Å². The fourth-order valence-corrected chi connectivity index (χ4v) is 3.06. The summed E-state index contributed by atoms with van der Waals surface area (Å²) in [6, 6.07) is 4.82. The predicted octanol–water partition coefficient (Wildman–Crippen LogP) is 0.200. The van der Waals surface area contributed by atoms with Crippen molar-refractivity contribution in [3.8, 4) is 0 Å². The summed E-state index contributed by atoms with van der Waals surface area (Å²) in [4.78, 5) is 13.9. The Morgan fingerprint density at radius 2 is 2.10 bits per heavy atom. The van der Waals surface area contributed by atoms with E-state index in [1.54, 1.807) is 6.07 Å². The molecule has 0 aliphatic carbocycles. The average molecular weight is 293 g/mol. The second-order valence-corrected chi connectivity index (χ2v) is 5.62. The number of carbonyl (C=O) groups excluding carboxylic acids is 1. The summed E-state index contributed by atoms with van der Waals surface area (Å²) >= 11 is 0. The Kier molecular flexibility index (Phi) is 4.07. The van der Waals surface area contributed by atoms with E-state index in [9.17, 15) is 9.18 Å². The minimum atomic E-state index is -0.367. The molecular formula is C15H20FN3O2. The molecule has 3 rings (SSSR count). The highest BCUT2D eigenvalue weighted by atomic mass is 19.1. The summed E-state index contributed by atoms with van der Waals surface area (Å²) < 4.78 is 14.4. The Labute approximate surface area is 123 Å². The van der Waals surface area contributed by atoms with Crippen molar-refractivity contribution in [2.45, 2.75) is 18.4 Å². The predicted molar refractivity (Wildman–Crippen MR) is 77.9 cm³/mol. The van der Waals surface area contributed by atoms with Crippen LogP contribution in [0.3, 0.4) is 0 Å². The molecule has 2 unspecified atom stereocenters. The lowest BCUT2D eigenvalue weighted by Gasteiger charge is -2.30. The van der Waals surface area contributed by atoms with Crippen LogP contribution in [0.2, 0.25) is 0 Å². The number of nitrogens with one attached hydrogen (secondary N) is 2. The number of hydrogen-bond donors (Lipinski definition) is 3. The van der Waals surface area contributed by atoms with Crippen molar-refractivity contribution in [3.63, 3.8) is 0 Å². The molecule has 21 heavy (non-hydrogen) atoms. The van der Waals surface area contributed by atoms with Gasteiger partial charge in [0.1, 0.15) is 5.82 Å². The van der Waals surface area contributed by atoms with Crippen molar-refractivity contribution < 1.29 is 14.3 Å². The Balaban J connectivity index is 1.79. The van der Waals surface area contributed by atoms with Crippen molar-refractivity contribution >= 4 is 11.6 Å². The van der Waals surface area contributed by atoms with E-state index in [0.717, 1.165) is 26.2 Å². The molecule has 6 heteroatoms. The van der Waals surface area contributed by atoms with E-state index >= 15 is 0 Å². The third-order valence-electron chi connectivity index (χ3n) is 4.24. The molecule has 1 aromatic rings. The molecule has 2 saturated heterocycles. The fourth-order valence-electron chi connectivity index (χ4n) is 3.06. The molecule has 2 aliphatic rings. The Morgan fingerprint density at radius 3 is 2.71 bits per heavy atom. The zero-order valence-electron chi connectivity index (χ0n) is 11.8. The van der Waals surface area contributed by atoms with Crippen molar-refractivity contribution in [1.29, 1.82) is 0 Å². The highest BCUT2D eigenvalue weighted by Crippen LogP contribution is 2.30. The zero-order valence-corrected chi connectivity index (χ0v) is 11.8. The maximum absolute atomic E-state index is 14.4. The molecule has 114 valence electrons. The van der Waals surface area contributed by atoms with Gasteiger partial charge < -0.3 is 20.6 Å². The molecule has 2 heterocycles. The molecule has 5 nitrogen and oxygen atoms in total. The zero-order chi connectivity index (χ0) is 14.8. The van der Waals surface area contributed by atoms with Crippen LogP contribution < -0.4 is 15.5 Å². The monoisotopic (exact) mass is 293 g/mol. The third kappa shape index (κ3) is 2.87. The second-order valence-electron chi connectivity index (χ2n) is 5.62. The topological polar surface area (TPSA) is 64.6 Å². The van der Waals surface area contributed by atoms with Crippen LogP contribution in [0.5, 0.6) is 0 Å². The summed E-state index contributed by atoms with van der Waals surface area (Å²) in [5.74, 6) is -0.785. The molecule has 0 spiro atoms. The number of nitrogens with zero attached hydrogens (tertiary/aromatic N) is 1. The van der Waals surface area contributed by atoms with E-state index in [-0.39, 0.29) is 30.3 Å². The van der Waals surface area contributed by atoms with Gasteiger partial charge in [0.2, 0.25) is 5.91 Å². The smallest absolute Gasteiger partial charge is 0.227 e. The molecule has 1 aromatic carbocycles. The SMILES string of the molecule is O=C1NC(CO)CC1c1ccc(N2CCNCC2)c(F)c1. The van der Waals surface area contributed by atoms with E-state index in [4.69, 9.17) is 5.11 Å².